The summed E-state index contributed by atoms with van der Waals surface area (Å²) in [5.74, 6) is 0.814. The van der Waals surface area contributed by atoms with E-state index < -0.39 is 6.55 Å². The van der Waals surface area contributed by atoms with Crippen LogP contribution in [-0.4, -0.2) is 38.4 Å². The zero-order valence-corrected chi connectivity index (χ0v) is 14.8. The molecule has 0 saturated heterocycles. The van der Waals surface area contributed by atoms with Gasteiger partial charge in [-0.2, -0.15) is 13.9 Å². The van der Waals surface area contributed by atoms with Crippen LogP contribution in [0, 0.1) is 13.8 Å². The van der Waals surface area contributed by atoms with E-state index in [1.165, 1.54) is 12.4 Å². The Bertz CT molecular complexity index is 690. The minimum atomic E-state index is -2.61. The number of nitrogens with one attached hydrogen (secondary N) is 2. The lowest BCUT2D eigenvalue weighted by Gasteiger charge is -2.12. The predicted molar refractivity (Wildman–Crippen MR) is 92.6 cm³/mol. The number of hydrogen-bond donors (Lipinski definition) is 2. The maximum atomic E-state index is 12.8. The Morgan fingerprint density at radius 2 is 2.12 bits per heavy atom. The summed E-state index contributed by atoms with van der Waals surface area (Å²) in [6.45, 7) is 5.63. The first-order valence-corrected chi connectivity index (χ1v) is 8.34. The molecule has 138 valence electrons. The van der Waals surface area contributed by atoms with Crippen LogP contribution < -0.4 is 10.6 Å². The Hall–Kier alpha value is -2.45. The first kappa shape index (κ1) is 18.9. The number of alkyl halides is 2. The summed E-state index contributed by atoms with van der Waals surface area (Å²) in [4.78, 5) is 8.25. The summed E-state index contributed by atoms with van der Waals surface area (Å²) in [6, 6.07) is 2.05. The van der Waals surface area contributed by atoms with Crippen LogP contribution in [0.15, 0.2) is 23.5 Å². The van der Waals surface area contributed by atoms with Gasteiger partial charge in [0.2, 0.25) is 0 Å². The number of rotatable bonds is 8. The summed E-state index contributed by atoms with van der Waals surface area (Å²) < 4.78 is 28.4. The van der Waals surface area contributed by atoms with Crippen molar-refractivity contribution in [3.8, 4) is 0 Å². The van der Waals surface area contributed by atoms with Crippen molar-refractivity contribution in [3.63, 3.8) is 0 Å². The Morgan fingerprint density at radius 3 is 2.76 bits per heavy atom. The molecule has 2 aromatic heterocycles. The molecule has 0 saturated carbocycles. The van der Waals surface area contributed by atoms with E-state index in [0.29, 0.717) is 19.0 Å². The minimum Gasteiger partial charge on any atom is -0.357 e. The topological polar surface area (TPSA) is 72.1 Å². The van der Waals surface area contributed by atoms with Gasteiger partial charge in [0.25, 0.3) is 0 Å². The molecule has 0 atom stereocenters. The number of aryl methyl sites for hydroxylation is 3. The molecule has 9 heteroatoms. The maximum absolute atomic E-state index is 12.8. The van der Waals surface area contributed by atoms with Gasteiger partial charge in [-0.15, -0.1) is 0 Å². The molecule has 0 unspecified atom stereocenters. The number of hydrogen-bond acceptors (Lipinski definition) is 3. The molecule has 0 amide bonds. The maximum Gasteiger partial charge on any atom is 0.319 e. The van der Waals surface area contributed by atoms with Crippen LogP contribution in [0.25, 0.3) is 0 Å². The lowest BCUT2D eigenvalue weighted by atomic mass is 10.4. The van der Waals surface area contributed by atoms with E-state index in [1.807, 2.05) is 31.5 Å². The van der Waals surface area contributed by atoms with Gasteiger partial charge in [0, 0.05) is 37.7 Å². The Labute approximate surface area is 146 Å². The second-order valence-electron chi connectivity index (χ2n) is 5.65. The predicted octanol–water partition coefficient (Wildman–Crippen LogP) is 2.24. The molecule has 2 aromatic rings. The molecule has 2 rings (SSSR count). The molecule has 0 aliphatic rings. The van der Waals surface area contributed by atoms with Crippen molar-refractivity contribution in [2.45, 2.75) is 46.8 Å². The smallest absolute Gasteiger partial charge is 0.319 e. The fourth-order valence-corrected chi connectivity index (χ4v) is 2.47. The van der Waals surface area contributed by atoms with Crippen LogP contribution in [0.1, 0.15) is 37.1 Å². The lowest BCUT2D eigenvalue weighted by Crippen LogP contribution is -2.38. The van der Waals surface area contributed by atoms with Gasteiger partial charge in [0.1, 0.15) is 12.4 Å². The highest BCUT2D eigenvalue weighted by atomic mass is 19.3. The van der Waals surface area contributed by atoms with E-state index in [4.69, 9.17) is 0 Å². The quantitative estimate of drug-likeness (QED) is 0.434. The van der Waals surface area contributed by atoms with Crippen LogP contribution in [0.3, 0.4) is 0 Å². The Kier molecular flexibility index (Phi) is 6.91. The molecule has 0 aliphatic heterocycles. The monoisotopic (exact) mass is 353 g/mol. The number of nitrogens with zero attached hydrogens (tertiary/aromatic N) is 5. The van der Waals surface area contributed by atoms with Gasteiger partial charge in [-0.3, -0.25) is 9.25 Å². The van der Waals surface area contributed by atoms with E-state index in [0.717, 1.165) is 28.9 Å². The van der Waals surface area contributed by atoms with Gasteiger partial charge in [0.05, 0.1) is 5.69 Å². The molecule has 0 radical (unpaired) electrons. The van der Waals surface area contributed by atoms with Crippen molar-refractivity contribution in [1.29, 1.82) is 0 Å². The summed E-state index contributed by atoms with van der Waals surface area (Å²) >= 11 is 0. The zero-order valence-electron chi connectivity index (χ0n) is 14.8. The van der Waals surface area contributed by atoms with Crippen LogP contribution in [0.5, 0.6) is 0 Å². The van der Waals surface area contributed by atoms with E-state index in [1.54, 1.807) is 0 Å². The highest BCUT2D eigenvalue weighted by Crippen LogP contribution is 2.12. The van der Waals surface area contributed by atoms with Crippen molar-refractivity contribution < 1.29 is 8.78 Å². The SMILES string of the molecule is CCNC(=NCc1nccn1C(F)F)NCCCn1nc(C)cc1C. The molecule has 7 nitrogen and oxygen atoms in total. The summed E-state index contributed by atoms with van der Waals surface area (Å²) in [6.07, 6.45) is 3.48. The van der Waals surface area contributed by atoms with E-state index >= 15 is 0 Å². The number of imidazole rings is 1. The van der Waals surface area contributed by atoms with Crippen LogP contribution in [0.4, 0.5) is 8.78 Å². The lowest BCUT2D eigenvalue weighted by molar-refractivity contribution is 0.0671. The average Bonchev–Trinajstić information content (AvgIpc) is 3.15. The van der Waals surface area contributed by atoms with Crippen molar-refractivity contribution in [2.24, 2.45) is 4.99 Å². The summed E-state index contributed by atoms with van der Waals surface area (Å²) in [5.41, 5.74) is 2.15. The second kappa shape index (κ2) is 9.14. The number of aliphatic imine (C=N–C) groups is 1. The van der Waals surface area contributed by atoms with Crippen molar-refractivity contribution >= 4 is 5.96 Å². The summed E-state index contributed by atoms with van der Waals surface area (Å²) in [5, 5.41) is 10.7. The van der Waals surface area contributed by atoms with E-state index in [9.17, 15) is 8.78 Å². The minimum absolute atomic E-state index is 0.0874. The molecule has 0 fully saturated rings. The number of aromatic nitrogens is 4. The van der Waals surface area contributed by atoms with Gasteiger partial charge < -0.3 is 10.6 Å². The molecule has 0 aliphatic carbocycles. The van der Waals surface area contributed by atoms with Gasteiger partial charge in [-0.05, 0) is 33.3 Å². The molecular formula is C16H25F2N7. The highest BCUT2D eigenvalue weighted by Gasteiger charge is 2.10. The third-order valence-corrected chi connectivity index (χ3v) is 3.62. The van der Waals surface area contributed by atoms with Gasteiger partial charge in [0.15, 0.2) is 5.96 Å². The van der Waals surface area contributed by atoms with Crippen molar-refractivity contribution in [2.75, 3.05) is 13.1 Å². The normalized spacial score (nSPS) is 12.0. The van der Waals surface area contributed by atoms with Crippen molar-refractivity contribution in [3.05, 3.63) is 35.7 Å². The fourth-order valence-electron chi connectivity index (χ4n) is 2.47. The highest BCUT2D eigenvalue weighted by molar-refractivity contribution is 5.79. The van der Waals surface area contributed by atoms with Gasteiger partial charge in [-0.25, -0.2) is 9.98 Å². The number of guanidine groups is 1. The van der Waals surface area contributed by atoms with E-state index in [2.05, 4.69) is 25.7 Å². The number of halogens is 2. The van der Waals surface area contributed by atoms with Crippen LogP contribution >= 0.6 is 0 Å². The standard InChI is InChI=1S/C16H25F2N7/c1-4-19-16(22-11-14-20-7-9-24(14)15(17)18)21-6-5-8-25-13(3)10-12(2)23-25/h7,9-10,15H,4-6,8,11H2,1-3H3,(H2,19,21,22). The average molecular weight is 353 g/mol. The van der Waals surface area contributed by atoms with E-state index in [-0.39, 0.29) is 12.4 Å². The first-order chi connectivity index (χ1) is 12.0. The van der Waals surface area contributed by atoms with Crippen molar-refractivity contribution in [1.82, 2.24) is 30.0 Å². The molecule has 2 N–H and O–H groups in total. The molecular weight excluding hydrogens is 328 g/mol. The summed E-state index contributed by atoms with van der Waals surface area (Å²) in [7, 11) is 0. The zero-order chi connectivity index (χ0) is 18.2. The third-order valence-electron chi connectivity index (χ3n) is 3.62. The molecule has 25 heavy (non-hydrogen) atoms. The second-order valence-corrected chi connectivity index (χ2v) is 5.65. The molecule has 0 aromatic carbocycles. The van der Waals surface area contributed by atoms with Crippen LogP contribution in [-0.2, 0) is 13.1 Å². The van der Waals surface area contributed by atoms with Crippen LogP contribution in [0.2, 0.25) is 0 Å². The largest absolute Gasteiger partial charge is 0.357 e. The molecule has 2 heterocycles. The molecule has 0 bridgehead atoms. The molecule has 0 spiro atoms. The van der Waals surface area contributed by atoms with Gasteiger partial charge >= 0.3 is 6.55 Å². The third kappa shape index (κ3) is 5.54. The Balaban J connectivity index is 1.85. The van der Waals surface area contributed by atoms with Gasteiger partial charge in [-0.1, -0.05) is 0 Å². The fraction of sp³-hybridized carbons (Fsp3) is 0.562. The first-order valence-electron chi connectivity index (χ1n) is 8.34. The Morgan fingerprint density at radius 1 is 1.32 bits per heavy atom.